The summed E-state index contributed by atoms with van der Waals surface area (Å²) in [5.74, 6) is -0.0932. The number of rotatable bonds is 7. The van der Waals surface area contributed by atoms with Crippen LogP contribution in [0, 0.1) is 0 Å². The van der Waals surface area contributed by atoms with Gasteiger partial charge in [-0.05, 0) is 22.6 Å². The molecule has 2 fully saturated rings. The molecule has 4 rings (SSSR count). The normalized spacial score (nSPS) is 25.6. The SMILES string of the molecule is COc1cccc(-c2nnnn2C2COC3C(NC(=O)CCC(=O)O)COC32)c1. The Morgan fingerprint density at radius 1 is 1.28 bits per heavy atom. The number of benzene rings is 1. The Bertz CT molecular complexity index is 902. The molecule has 4 unspecified atom stereocenters. The van der Waals surface area contributed by atoms with E-state index in [1.165, 1.54) is 0 Å². The van der Waals surface area contributed by atoms with Crippen molar-refractivity contribution in [3.63, 3.8) is 0 Å². The standard InChI is InChI=1S/C18H21N5O6/c1-27-11-4-2-3-10(7-11)18-20-21-22-23(18)13-9-29-16-12(8-28-17(13)16)19-14(24)5-6-15(25)26/h2-4,7,12-13,16-17H,5-6,8-9H2,1H3,(H,19,24)(H,25,26). The van der Waals surface area contributed by atoms with Gasteiger partial charge in [-0.2, -0.15) is 0 Å². The maximum atomic E-state index is 12.0. The summed E-state index contributed by atoms with van der Waals surface area (Å²) in [6.45, 7) is 0.611. The molecule has 0 radical (unpaired) electrons. The number of aromatic nitrogens is 4. The van der Waals surface area contributed by atoms with Crippen molar-refractivity contribution in [3.05, 3.63) is 24.3 Å². The number of ether oxygens (including phenoxy) is 3. The van der Waals surface area contributed by atoms with E-state index < -0.39 is 5.97 Å². The number of methoxy groups -OCH3 is 1. The van der Waals surface area contributed by atoms with Gasteiger partial charge in [-0.15, -0.1) is 5.10 Å². The first-order valence-corrected chi connectivity index (χ1v) is 9.23. The van der Waals surface area contributed by atoms with Crippen molar-refractivity contribution in [2.24, 2.45) is 0 Å². The van der Waals surface area contributed by atoms with Gasteiger partial charge in [0, 0.05) is 12.0 Å². The fourth-order valence-corrected chi connectivity index (χ4v) is 3.68. The molecular weight excluding hydrogens is 382 g/mol. The van der Waals surface area contributed by atoms with E-state index in [-0.39, 0.29) is 49.6 Å². The van der Waals surface area contributed by atoms with Crippen molar-refractivity contribution in [2.75, 3.05) is 20.3 Å². The Labute approximate surface area is 165 Å². The zero-order valence-electron chi connectivity index (χ0n) is 15.7. The first kappa shape index (κ1) is 19.3. The maximum absolute atomic E-state index is 12.0. The predicted molar refractivity (Wildman–Crippen MR) is 97.1 cm³/mol. The molecule has 2 aromatic rings. The van der Waals surface area contributed by atoms with Gasteiger partial charge in [0.25, 0.3) is 0 Å². The van der Waals surface area contributed by atoms with Gasteiger partial charge in [0.1, 0.15) is 24.0 Å². The van der Waals surface area contributed by atoms with Crippen LogP contribution in [0.3, 0.4) is 0 Å². The number of tetrazole rings is 1. The van der Waals surface area contributed by atoms with Crippen LogP contribution in [-0.4, -0.2) is 75.8 Å². The summed E-state index contributed by atoms with van der Waals surface area (Å²) >= 11 is 0. The van der Waals surface area contributed by atoms with Crippen LogP contribution in [0.25, 0.3) is 11.4 Å². The summed E-state index contributed by atoms with van der Waals surface area (Å²) in [5, 5.41) is 23.6. The first-order chi connectivity index (χ1) is 14.1. The van der Waals surface area contributed by atoms with Gasteiger partial charge in [-0.3, -0.25) is 9.59 Å². The Morgan fingerprint density at radius 3 is 2.90 bits per heavy atom. The molecule has 1 aromatic carbocycles. The van der Waals surface area contributed by atoms with Crippen molar-refractivity contribution < 1.29 is 28.9 Å². The number of amides is 1. The molecule has 2 aliphatic heterocycles. The Hall–Kier alpha value is -3.05. The number of hydrogen-bond donors (Lipinski definition) is 2. The summed E-state index contributed by atoms with van der Waals surface area (Å²) in [6, 6.07) is 6.83. The lowest BCUT2D eigenvalue weighted by atomic mass is 10.1. The third-order valence-corrected chi connectivity index (χ3v) is 5.07. The molecule has 2 aliphatic rings. The number of carboxylic acids is 1. The second-order valence-electron chi connectivity index (χ2n) is 6.91. The van der Waals surface area contributed by atoms with E-state index in [4.69, 9.17) is 19.3 Å². The molecule has 0 bridgehead atoms. The summed E-state index contributed by atoms with van der Waals surface area (Å²) in [5.41, 5.74) is 0.800. The van der Waals surface area contributed by atoms with Crippen LogP contribution in [0.15, 0.2) is 24.3 Å². The van der Waals surface area contributed by atoms with Crippen LogP contribution in [0.4, 0.5) is 0 Å². The number of fused-ring (bicyclic) bond motifs is 1. The molecule has 11 nitrogen and oxygen atoms in total. The number of carbonyl (C=O) groups excluding carboxylic acids is 1. The van der Waals surface area contributed by atoms with Crippen LogP contribution < -0.4 is 10.1 Å². The van der Waals surface area contributed by atoms with Gasteiger partial charge in [0.05, 0.1) is 32.8 Å². The summed E-state index contributed by atoms with van der Waals surface area (Å²) in [6.07, 6.45) is -0.978. The highest BCUT2D eigenvalue weighted by molar-refractivity contribution is 5.80. The van der Waals surface area contributed by atoms with Gasteiger partial charge in [-0.1, -0.05) is 12.1 Å². The monoisotopic (exact) mass is 403 g/mol. The number of hydrogen-bond acceptors (Lipinski definition) is 8. The third-order valence-electron chi connectivity index (χ3n) is 5.07. The van der Waals surface area contributed by atoms with E-state index >= 15 is 0 Å². The van der Waals surface area contributed by atoms with Gasteiger partial charge in [-0.25, -0.2) is 4.68 Å². The van der Waals surface area contributed by atoms with Crippen molar-refractivity contribution in [2.45, 2.75) is 37.1 Å². The van der Waals surface area contributed by atoms with Crippen LogP contribution in [0.5, 0.6) is 5.75 Å². The average molecular weight is 403 g/mol. The topological polar surface area (TPSA) is 138 Å². The van der Waals surface area contributed by atoms with E-state index in [9.17, 15) is 9.59 Å². The van der Waals surface area contributed by atoms with E-state index in [2.05, 4.69) is 20.8 Å². The summed E-state index contributed by atoms with van der Waals surface area (Å²) < 4.78 is 18.7. The predicted octanol–water partition coefficient (Wildman–Crippen LogP) is 0.0370. The van der Waals surface area contributed by atoms with E-state index in [0.29, 0.717) is 18.2 Å². The average Bonchev–Trinajstić information content (AvgIpc) is 3.43. The third kappa shape index (κ3) is 3.91. The first-order valence-electron chi connectivity index (χ1n) is 9.23. The highest BCUT2D eigenvalue weighted by Crippen LogP contribution is 2.36. The molecule has 1 aromatic heterocycles. The number of nitrogens with one attached hydrogen (secondary N) is 1. The smallest absolute Gasteiger partial charge is 0.303 e. The number of carboxylic acid groups (broad SMARTS) is 1. The fourth-order valence-electron chi connectivity index (χ4n) is 3.68. The van der Waals surface area contributed by atoms with Gasteiger partial charge >= 0.3 is 5.97 Å². The maximum Gasteiger partial charge on any atom is 0.303 e. The molecule has 4 atom stereocenters. The van der Waals surface area contributed by atoms with Crippen molar-refractivity contribution >= 4 is 11.9 Å². The molecular formula is C18H21N5O6. The minimum absolute atomic E-state index is 0.0837. The summed E-state index contributed by atoms with van der Waals surface area (Å²) in [4.78, 5) is 22.6. The lowest BCUT2D eigenvalue weighted by molar-refractivity contribution is -0.139. The summed E-state index contributed by atoms with van der Waals surface area (Å²) in [7, 11) is 1.59. The highest BCUT2D eigenvalue weighted by atomic mass is 16.6. The quantitative estimate of drug-likeness (QED) is 0.656. The van der Waals surface area contributed by atoms with Gasteiger partial charge < -0.3 is 24.6 Å². The largest absolute Gasteiger partial charge is 0.497 e. The van der Waals surface area contributed by atoms with Crippen LogP contribution in [0.1, 0.15) is 18.9 Å². The second-order valence-corrected chi connectivity index (χ2v) is 6.91. The molecule has 154 valence electrons. The van der Waals surface area contributed by atoms with Crippen molar-refractivity contribution in [3.8, 4) is 17.1 Å². The Kier molecular flexibility index (Phi) is 5.41. The molecule has 11 heteroatoms. The van der Waals surface area contributed by atoms with E-state index in [0.717, 1.165) is 5.56 Å². The molecule has 3 heterocycles. The van der Waals surface area contributed by atoms with E-state index in [1.807, 2.05) is 24.3 Å². The van der Waals surface area contributed by atoms with Gasteiger partial charge in [0.15, 0.2) is 5.82 Å². The van der Waals surface area contributed by atoms with Gasteiger partial charge in [0.2, 0.25) is 5.91 Å². The fraction of sp³-hybridized carbons (Fsp3) is 0.500. The number of aliphatic carboxylic acids is 1. The molecule has 0 spiro atoms. The van der Waals surface area contributed by atoms with Crippen LogP contribution in [0.2, 0.25) is 0 Å². The minimum atomic E-state index is -1.01. The van der Waals surface area contributed by atoms with Crippen LogP contribution >= 0.6 is 0 Å². The van der Waals surface area contributed by atoms with Crippen molar-refractivity contribution in [1.29, 1.82) is 0 Å². The van der Waals surface area contributed by atoms with Crippen molar-refractivity contribution in [1.82, 2.24) is 25.5 Å². The second kappa shape index (κ2) is 8.13. The molecule has 2 saturated heterocycles. The Morgan fingerprint density at radius 2 is 2.10 bits per heavy atom. The lowest BCUT2D eigenvalue weighted by Crippen LogP contribution is -2.44. The van der Waals surface area contributed by atoms with Crippen LogP contribution in [-0.2, 0) is 19.1 Å². The molecule has 0 aliphatic carbocycles. The molecule has 2 N–H and O–H groups in total. The number of carbonyl (C=O) groups is 2. The zero-order valence-corrected chi connectivity index (χ0v) is 15.7. The molecule has 0 saturated carbocycles. The Balaban J connectivity index is 1.47. The number of nitrogens with zero attached hydrogens (tertiary/aromatic N) is 4. The highest BCUT2D eigenvalue weighted by Gasteiger charge is 2.50. The van der Waals surface area contributed by atoms with E-state index in [1.54, 1.807) is 11.8 Å². The lowest BCUT2D eigenvalue weighted by Gasteiger charge is -2.18. The molecule has 29 heavy (non-hydrogen) atoms. The molecule has 1 amide bonds. The minimum Gasteiger partial charge on any atom is -0.497 e. The zero-order chi connectivity index (χ0) is 20.4.